The van der Waals surface area contributed by atoms with Gasteiger partial charge in [0, 0.05) is 12.6 Å². The minimum absolute atomic E-state index is 0.0295. The Kier molecular flexibility index (Phi) is 5.45. The number of nitrogens with one attached hydrogen (secondary N) is 1. The molecule has 2 N–H and O–H groups in total. The summed E-state index contributed by atoms with van der Waals surface area (Å²) in [6, 6.07) is 5.32. The van der Waals surface area contributed by atoms with Crippen LogP contribution in [0.25, 0.3) is 0 Å². The molecule has 1 aromatic rings. The van der Waals surface area contributed by atoms with Crippen molar-refractivity contribution in [1.29, 1.82) is 0 Å². The maximum Gasteiger partial charge on any atom is 0.304 e. The van der Waals surface area contributed by atoms with Crippen LogP contribution < -0.4 is 5.32 Å². The fourth-order valence-corrected chi connectivity index (χ4v) is 2.39. The second-order valence-corrected chi connectivity index (χ2v) is 5.78. The summed E-state index contributed by atoms with van der Waals surface area (Å²) in [5.41, 5.74) is 0.461. The Morgan fingerprint density at radius 2 is 2.05 bits per heavy atom. The average molecular weight is 331 g/mol. The van der Waals surface area contributed by atoms with Crippen molar-refractivity contribution in [2.45, 2.75) is 25.3 Å². The predicted octanol–water partition coefficient (Wildman–Crippen LogP) is 2.87. The van der Waals surface area contributed by atoms with E-state index in [1.165, 1.54) is 0 Å². The SMILES string of the molecule is O=C(O)CCN(CC(=O)Nc1cccc(Cl)c1Cl)C1CC1. The van der Waals surface area contributed by atoms with Crippen molar-refractivity contribution in [2.75, 3.05) is 18.4 Å². The lowest BCUT2D eigenvalue weighted by atomic mass is 10.3. The summed E-state index contributed by atoms with van der Waals surface area (Å²) >= 11 is 11.9. The van der Waals surface area contributed by atoms with E-state index in [0.717, 1.165) is 12.8 Å². The van der Waals surface area contributed by atoms with Crippen molar-refractivity contribution in [3.63, 3.8) is 0 Å². The van der Waals surface area contributed by atoms with Crippen LogP contribution in [0.15, 0.2) is 18.2 Å². The molecule has 1 fully saturated rings. The molecule has 0 heterocycles. The summed E-state index contributed by atoms with van der Waals surface area (Å²) in [5, 5.41) is 12.1. The number of carbonyl (C=O) groups excluding carboxylic acids is 1. The lowest BCUT2D eigenvalue weighted by Gasteiger charge is -2.20. The van der Waals surface area contributed by atoms with Crippen molar-refractivity contribution in [3.8, 4) is 0 Å². The van der Waals surface area contributed by atoms with Crippen LogP contribution in [0.4, 0.5) is 5.69 Å². The van der Waals surface area contributed by atoms with Gasteiger partial charge in [-0.25, -0.2) is 0 Å². The minimum atomic E-state index is -0.862. The van der Waals surface area contributed by atoms with Crippen LogP contribution >= 0.6 is 23.2 Å². The number of nitrogens with zero attached hydrogens (tertiary/aromatic N) is 1. The molecule has 0 atom stereocenters. The highest BCUT2D eigenvalue weighted by molar-refractivity contribution is 6.43. The summed E-state index contributed by atoms with van der Waals surface area (Å²) in [4.78, 5) is 24.6. The number of amides is 1. The molecular formula is C14H16Cl2N2O3. The van der Waals surface area contributed by atoms with Crippen molar-refractivity contribution in [2.24, 2.45) is 0 Å². The van der Waals surface area contributed by atoms with E-state index in [-0.39, 0.29) is 18.9 Å². The molecule has 2 rings (SSSR count). The molecule has 21 heavy (non-hydrogen) atoms. The molecule has 1 aliphatic rings. The van der Waals surface area contributed by atoms with Crippen molar-refractivity contribution < 1.29 is 14.7 Å². The minimum Gasteiger partial charge on any atom is -0.481 e. The molecule has 0 aromatic heterocycles. The van der Waals surface area contributed by atoms with Gasteiger partial charge < -0.3 is 10.4 Å². The number of aliphatic carboxylic acids is 1. The third kappa shape index (κ3) is 4.88. The van der Waals surface area contributed by atoms with Crippen LogP contribution in [-0.2, 0) is 9.59 Å². The molecule has 0 unspecified atom stereocenters. The van der Waals surface area contributed by atoms with E-state index in [1.54, 1.807) is 18.2 Å². The average Bonchev–Trinajstić information content (AvgIpc) is 3.24. The Morgan fingerprint density at radius 1 is 1.33 bits per heavy atom. The van der Waals surface area contributed by atoms with Crippen LogP contribution in [0.3, 0.4) is 0 Å². The van der Waals surface area contributed by atoms with Crippen LogP contribution in [0.2, 0.25) is 10.0 Å². The molecule has 1 aromatic carbocycles. The van der Waals surface area contributed by atoms with Gasteiger partial charge in [-0.3, -0.25) is 14.5 Å². The number of hydrogen-bond donors (Lipinski definition) is 2. The monoisotopic (exact) mass is 330 g/mol. The first kappa shape index (κ1) is 16.1. The Morgan fingerprint density at radius 3 is 2.67 bits per heavy atom. The molecule has 114 valence electrons. The topological polar surface area (TPSA) is 69.6 Å². The molecule has 0 saturated heterocycles. The van der Waals surface area contributed by atoms with Gasteiger partial charge in [-0.1, -0.05) is 29.3 Å². The van der Waals surface area contributed by atoms with Gasteiger partial charge in [0.2, 0.25) is 5.91 Å². The molecule has 1 saturated carbocycles. The van der Waals surface area contributed by atoms with Crippen LogP contribution in [-0.4, -0.2) is 41.0 Å². The first-order valence-corrected chi connectivity index (χ1v) is 7.42. The van der Waals surface area contributed by atoms with Gasteiger partial charge in [0.05, 0.1) is 28.7 Å². The fourth-order valence-electron chi connectivity index (χ4n) is 2.04. The predicted molar refractivity (Wildman–Crippen MR) is 81.9 cm³/mol. The maximum absolute atomic E-state index is 12.1. The normalized spacial score (nSPS) is 14.2. The molecular weight excluding hydrogens is 315 g/mol. The molecule has 5 nitrogen and oxygen atoms in total. The summed E-state index contributed by atoms with van der Waals surface area (Å²) in [7, 11) is 0. The Hall–Kier alpha value is -1.30. The molecule has 0 radical (unpaired) electrons. The summed E-state index contributed by atoms with van der Waals surface area (Å²) < 4.78 is 0. The van der Waals surface area contributed by atoms with Crippen molar-refractivity contribution >= 4 is 40.8 Å². The van der Waals surface area contributed by atoms with Crippen molar-refractivity contribution in [1.82, 2.24) is 4.90 Å². The quantitative estimate of drug-likeness (QED) is 0.806. The Bertz CT molecular complexity index is 547. The number of hydrogen-bond acceptors (Lipinski definition) is 3. The van der Waals surface area contributed by atoms with Gasteiger partial charge in [0.1, 0.15) is 0 Å². The highest BCUT2D eigenvalue weighted by Gasteiger charge is 2.30. The summed E-state index contributed by atoms with van der Waals surface area (Å²) in [6.45, 7) is 0.525. The zero-order chi connectivity index (χ0) is 15.4. The first-order valence-electron chi connectivity index (χ1n) is 6.67. The lowest BCUT2D eigenvalue weighted by molar-refractivity contribution is -0.137. The van der Waals surface area contributed by atoms with E-state index >= 15 is 0 Å². The Balaban J connectivity index is 1.92. The number of carbonyl (C=O) groups is 2. The second-order valence-electron chi connectivity index (χ2n) is 4.99. The van der Waals surface area contributed by atoms with Crippen LogP contribution in [0.5, 0.6) is 0 Å². The van der Waals surface area contributed by atoms with Gasteiger partial charge in [0.15, 0.2) is 0 Å². The third-order valence-electron chi connectivity index (χ3n) is 3.25. The molecule has 0 bridgehead atoms. The molecule has 1 amide bonds. The largest absolute Gasteiger partial charge is 0.481 e. The number of anilines is 1. The number of carboxylic acids is 1. The maximum atomic E-state index is 12.1. The molecule has 0 spiro atoms. The van der Waals surface area contributed by atoms with Gasteiger partial charge in [-0.15, -0.1) is 0 Å². The summed E-state index contributed by atoms with van der Waals surface area (Å²) in [5.74, 6) is -1.09. The first-order chi connectivity index (χ1) is 9.97. The fraction of sp³-hybridized carbons (Fsp3) is 0.429. The standard InChI is InChI=1S/C14H16Cl2N2O3/c15-10-2-1-3-11(14(10)16)17-12(19)8-18(9-4-5-9)7-6-13(20)21/h1-3,9H,4-8H2,(H,17,19)(H,20,21). The van der Waals surface area contributed by atoms with Gasteiger partial charge >= 0.3 is 5.97 Å². The van der Waals surface area contributed by atoms with Gasteiger partial charge in [0.25, 0.3) is 0 Å². The third-order valence-corrected chi connectivity index (χ3v) is 4.07. The molecule has 0 aliphatic heterocycles. The van der Waals surface area contributed by atoms with E-state index in [4.69, 9.17) is 28.3 Å². The number of benzene rings is 1. The smallest absolute Gasteiger partial charge is 0.304 e. The van der Waals surface area contributed by atoms with Crippen LogP contribution in [0, 0.1) is 0 Å². The second kappa shape index (κ2) is 7.11. The van der Waals surface area contributed by atoms with Gasteiger partial charge in [-0.05, 0) is 25.0 Å². The highest BCUT2D eigenvalue weighted by Crippen LogP contribution is 2.30. The van der Waals surface area contributed by atoms with E-state index in [2.05, 4.69) is 5.32 Å². The lowest BCUT2D eigenvalue weighted by Crippen LogP contribution is -2.36. The van der Waals surface area contributed by atoms with E-state index in [0.29, 0.717) is 28.3 Å². The van der Waals surface area contributed by atoms with Gasteiger partial charge in [-0.2, -0.15) is 0 Å². The number of halogens is 2. The summed E-state index contributed by atoms with van der Waals surface area (Å²) in [6.07, 6.45) is 2.04. The number of carboxylic acid groups (broad SMARTS) is 1. The molecule has 1 aliphatic carbocycles. The highest BCUT2D eigenvalue weighted by atomic mass is 35.5. The zero-order valence-electron chi connectivity index (χ0n) is 11.3. The number of rotatable bonds is 7. The van der Waals surface area contributed by atoms with E-state index < -0.39 is 5.97 Å². The zero-order valence-corrected chi connectivity index (χ0v) is 12.8. The van der Waals surface area contributed by atoms with E-state index in [9.17, 15) is 9.59 Å². The molecule has 7 heteroatoms. The Labute approximate surface area is 132 Å². The van der Waals surface area contributed by atoms with E-state index in [1.807, 2.05) is 4.90 Å². The van der Waals surface area contributed by atoms with Crippen molar-refractivity contribution in [3.05, 3.63) is 28.2 Å². The van der Waals surface area contributed by atoms with Crippen LogP contribution in [0.1, 0.15) is 19.3 Å².